The number of carboxylic acid groups (broad SMARTS) is 1. The van der Waals surface area contributed by atoms with Crippen LogP contribution >= 0.6 is 15.9 Å². The minimum atomic E-state index is -0.939. The highest BCUT2D eigenvalue weighted by molar-refractivity contribution is 9.10. The summed E-state index contributed by atoms with van der Waals surface area (Å²) in [5.74, 6) is -1.22. The summed E-state index contributed by atoms with van der Waals surface area (Å²) in [5, 5.41) is 15.6. The van der Waals surface area contributed by atoms with Gasteiger partial charge in [0.2, 0.25) is 0 Å². The maximum atomic E-state index is 12.0. The van der Waals surface area contributed by atoms with Gasteiger partial charge in [-0.2, -0.15) is 5.10 Å². The fourth-order valence-electron chi connectivity index (χ4n) is 2.67. The average Bonchev–Trinajstić information content (AvgIpc) is 3.10. The van der Waals surface area contributed by atoms with Crippen LogP contribution in [0.1, 0.15) is 22.3 Å². The van der Waals surface area contributed by atoms with E-state index in [1.807, 2.05) is 47.1 Å². The van der Waals surface area contributed by atoms with Crippen LogP contribution in [0, 0.1) is 0 Å². The molecule has 3 aromatic rings. The molecule has 0 fully saturated rings. The molecule has 1 heterocycles. The van der Waals surface area contributed by atoms with Crippen LogP contribution in [-0.2, 0) is 11.3 Å². The van der Waals surface area contributed by atoms with Crippen molar-refractivity contribution in [3.05, 3.63) is 76.4 Å². The number of nitrogens with zero attached hydrogens (tertiary/aromatic N) is 2. The smallest absolute Gasteiger partial charge is 0.305 e. The highest BCUT2D eigenvalue weighted by Gasteiger charge is 2.09. The predicted molar refractivity (Wildman–Crippen MR) is 105 cm³/mol. The van der Waals surface area contributed by atoms with Gasteiger partial charge in [-0.05, 0) is 35.9 Å². The molecule has 1 aromatic heterocycles. The molecule has 2 aromatic carbocycles. The molecule has 0 radical (unpaired) electrons. The number of rotatable bonds is 7. The molecule has 7 heteroatoms. The zero-order valence-corrected chi connectivity index (χ0v) is 16.0. The monoisotopic (exact) mass is 427 g/mol. The van der Waals surface area contributed by atoms with Crippen molar-refractivity contribution in [1.82, 2.24) is 15.1 Å². The third kappa shape index (κ3) is 5.04. The molecule has 2 N–H and O–H groups in total. The molecule has 6 nitrogen and oxygen atoms in total. The summed E-state index contributed by atoms with van der Waals surface area (Å²) in [7, 11) is 0. The predicted octanol–water partition coefficient (Wildman–Crippen LogP) is 3.57. The molecule has 0 aliphatic rings. The second-order valence-corrected chi connectivity index (χ2v) is 6.90. The van der Waals surface area contributed by atoms with E-state index < -0.39 is 5.97 Å². The first-order chi connectivity index (χ1) is 13.0. The number of nitrogens with one attached hydrogen (secondary N) is 1. The molecule has 0 atom stereocenters. The highest BCUT2D eigenvalue weighted by Crippen LogP contribution is 2.23. The van der Waals surface area contributed by atoms with Crippen LogP contribution < -0.4 is 5.32 Å². The Morgan fingerprint density at radius 2 is 1.89 bits per heavy atom. The van der Waals surface area contributed by atoms with Gasteiger partial charge in [0.1, 0.15) is 0 Å². The summed E-state index contributed by atoms with van der Waals surface area (Å²) in [6.07, 6.45) is 1.67. The van der Waals surface area contributed by atoms with Gasteiger partial charge in [-0.3, -0.25) is 14.3 Å². The Bertz CT molecular complexity index is 951. The molecule has 27 heavy (non-hydrogen) atoms. The molecule has 0 aliphatic heterocycles. The zero-order valence-electron chi connectivity index (χ0n) is 14.4. The molecule has 0 aliphatic carbocycles. The minimum absolute atomic E-state index is 0.0957. The third-order valence-corrected chi connectivity index (χ3v) is 4.50. The molecule has 0 saturated carbocycles. The second-order valence-electron chi connectivity index (χ2n) is 5.98. The lowest BCUT2D eigenvalue weighted by Gasteiger charge is -2.09. The molecule has 138 valence electrons. The number of benzene rings is 2. The number of halogens is 1. The van der Waals surface area contributed by atoms with E-state index in [0.29, 0.717) is 12.1 Å². The van der Waals surface area contributed by atoms with Crippen molar-refractivity contribution in [2.24, 2.45) is 0 Å². The van der Waals surface area contributed by atoms with E-state index in [2.05, 4.69) is 26.3 Å². The number of aromatic nitrogens is 2. The van der Waals surface area contributed by atoms with Crippen molar-refractivity contribution >= 4 is 27.8 Å². The fraction of sp³-hybridized carbons (Fsp3) is 0.150. The quantitative estimate of drug-likeness (QED) is 0.603. The van der Waals surface area contributed by atoms with Gasteiger partial charge in [0.05, 0.1) is 18.7 Å². The summed E-state index contributed by atoms with van der Waals surface area (Å²) in [5.41, 5.74) is 3.58. The van der Waals surface area contributed by atoms with Gasteiger partial charge in [0.25, 0.3) is 5.91 Å². The third-order valence-electron chi connectivity index (χ3n) is 4.01. The summed E-state index contributed by atoms with van der Waals surface area (Å²) >= 11 is 3.49. The van der Waals surface area contributed by atoms with Crippen molar-refractivity contribution in [3.63, 3.8) is 0 Å². The molecule has 3 rings (SSSR count). The molecule has 0 saturated heterocycles. The Hall–Kier alpha value is -2.93. The number of carbonyl (C=O) groups is 2. The van der Waals surface area contributed by atoms with Crippen LogP contribution in [0.15, 0.2) is 65.3 Å². The van der Waals surface area contributed by atoms with E-state index in [9.17, 15) is 9.59 Å². The number of amides is 1. The van der Waals surface area contributed by atoms with Gasteiger partial charge < -0.3 is 10.4 Å². The molecule has 1 amide bonds. The van der Waals surface area contributed by atoms with E-state index >= 15 is 0 Å². The van der Waals surface area contributed by atoms with Crippen LogP contribution in [0.3, 0.4) is 0 Å². The van der Waals surface area contributed by atoms with Crippen LogP contribution in [0.2, 0.25) is 0 Å². The number of aliphatic carboxylic acids is 1. The van der Waals surface area contributed by atoms with Gasteiger partial charge in [-0.1, -0.05) is 40.2 Å². The number of carboxylic acids is 1. The summed E-state index contributed by atoms with van der Waals surface area (Å²) in [6.45, 7) is 0.689. The first-order valence-electron chi connectivity index (χ1n) is 8.39. The molecule has 0 spiro atoms. The molecular formula is C20H18BrN3O3. The molecule has 0 bridgehead atoms. The van der Waals surface area contributed by atoms with Gasteiger partial charge in [0, 0.05) is 28.3 Å². The van der Waals surface area contributed by atoms with Crippen molar-refractivity contribution in [2.75, 3.05) is 6.54 Å². The van der Waals surface area contributed by atoms with Crippen LogP contribution in [-0.4, -0.2) is 33.3 Å². The highest BCUT2D eigenvalue weighted by atomic mass is 79.9. The second kappa shape index (κ2) is 8.64. The Morgan fingerprint density at radius 1 is 1.11 bits per heavy atom. The van der Waals surface area contributed by atoms with Crippen molar-refractivity contribution in [1.29, 1.82) is 0 Å². The van der Waals surface area contributed by atoms with E-state index in [-0.39, 0.29) is 18.9 Å². The van der Waals surface area contributed by atoms with E-state index in [1.54, 1.807) is 18.3 Å². The first-order valence-corrected chi connectivity index (χ1v) is 9.19. The molecular weight excluding hydrogens is 410 g/mol. The van der Waals surface area contributed by atoms with Crippen molar-refractivity contribution in [2.45, 2.75) is 13.0 Å². The van der Waals surface area contributed by atoms with Crippen molar-refractivity contribution < 1.29 is 14.7 Å². The number of hydrogen-bond acceptors (Lipinski definition) is 3. The van der Waals surface area contributed by atoms with E-state index in [1.165, 1.54) is 0 Å². The average molecular weight is 428 g/mol. The minimum Gasteiger partial charge on any atom is -0.481 e. The van der Waals surface area contributed by atoms with Gasteiger partial charge in [-0.25, -0.2) is 0 Å². The largest absolute Gasteiger partial charge is 0.481 e. The zero-order chi connectivity index (χ0) is 19.2. The maximum Gasteiger partial charge on any atom is 0.305 e. The molecule has 0 unspecified atom stereocenters. The fourth-order valence-corrected chi connectivity index (χ4v) is 3.07. The number of hydrogen-bond donors (Lipinski definition) is 2. The Morgan fingerprint density at radius 3 is 2.59 bits per heavy atom. The van der Waals surface area contributed by atoms with Crippen LogP contribution in [0.25, 0.3) is 11.3 Å². The standard InChI is InChI=1S/C20H18BrN3O3/c21-17-3-1-2-16(12-17)18-8-11-23-24(18)13-14-4-6-15(7-5-14)20(27)22-10-9-19(25)26/h1-8,11-12H,9-10,13H2,(H,22,27)(H,25,26). The Balaban J connectivity index is 1.68. The lowest BCUT2D eigenvalue weighted by atomic mass is 10.1. The summed E-state index contributed by atoms with van der Waals surface area (Å²) in [4.78, 5) is 22.5. The van der Waals surface area contributed by atoms with Crippen molar-refractivity contribution in [3.8, 4) is 11.3 Å². The normalized spacial score (nSPS) is 10.6. The van der Waals surface area contributed by atoms with Crippen LogP contribution in [0.4, 0.5) is 0 Å². The van der Waals surface area contributed by atoms with Gasteiger partial charge in [-0.15, -0.1) is 0 Å². The van der Waals surface area contributed by atoms with Gasteiger partial charge >= 0.3 is 5.97 Å². The Labute approximate surface area is 165 Å². The van der Waals surface area contributed by atoms with E-state index in [0.717, 1.165) is 21.3 Å². The summed E-state index contributed by atoms with van der Waals surface area (Å²) < 4.78 is 2.91. The lowest BCUT2D eigenvalue weighted by molar-refractivity contribution is -0.136. The summed E-state index contributed by atoms with van der Waals surface area (Å²) in [6, 6.07) is 17.2. The maximum absolute atomic E-state index is 12.0. The SMILES string of the molecule is O=C(O)CCNC(=O)c1ccc(Cn2nccc2-c2cccc(Br)c2)cc1. The van der Waals surface area contributed by atoms with E-state index in [4.69, 9.17) is 5.11 Å². The first kappa shape index (κ1) is 18.8. The lowest BCUT2D eigenvalue weighted by Crippen LogP contribution is -2.25. The van der Waals surface area contributed by atoms with Crippen LogP contribution in [0.5, 0.6) is 0 Å². The Kier molecular flexibility index (Phi) is 6.03. The topological polar surface area (TPSA) is 84.2 Å². The number of carbonyl (C=O) groups excluding carboxylic acids is 1. The van der Waals surface area contributed by atoms with Gasteiger partial charge in [0.15, 0.2) is 0 Å².